The number of hydrogen-bond donors (Lipinski definition) is 2. The van der Waals surface area contributed by atoms with Gasteiger partial charge in [-0.15, -0.1) is 0 Å². The summed E-state index contributed by atoms with van der Waals surface area (Å²) in [5, 5.41) is 16.0. The van der Waals surface area contributed by atoms with Gasteiger partial charge in [-0.3, -0.25) is 4.79 Å². The smallest absolute Gasteiger partial charge is 0.198 e. The fourth-order valence-electron chi connectivity index (χ4n) is 3.91. The van der Waals surface area contributed by atoms with E-state index in [9.17, 15) is 14.3 Å². The number of phenolic OH excluding ortho intramolecular Hbond substituents is 1. The maximum absolute atomic E-state index is 13.3. The van der Waals surface area contributed by atoms with Gasteiger partial charge in [-0.05, 0) is 48.6 Å². The number of hydrogen-bond acceptors (Lipinski definition) is 3. The minimum Gasteiger partial charge on any atom is -0.507 e. The van der Waals surface area contributed by atoms with Gasteiger partial charge >= 0.3 is 0 Å². The Balaban J connectivity index is 1.84. The summed E-state index contributed by atoms with van der Waals surface area (Å²) in [6.45, 7) is 0. The molecule has 2 N–H and O–H groups in total. The molecule has 3 aromatic rings. The van der Waals surface area contributed by atoms with Crippen molar-refractivity contribution in [3.63, 3.8) is 0 Å². The first-order valence-corrected chi connectivity index (χ1v) is 9.45. The van der Waals surface area contributed by atoms with Crippen LogP contribution in [0, 0.1) is 5.82 Å². The zero-order valence-corrected chi connectivity index (χ0v) is 15.0. The second-order valence-corrected chi connectivity index (χ2v) is 7.18. The summed E-state index contributed by atoms with van der Waals surface area (Å²) in [5.74, 6) is -0.757. The second kappa shape index (κ2) is 7.39. The molecule has 0 aromatic heterocycles. The first-order valence-electron chi connectivity index (χ1n) is 9.45. The Bertz CT molecular complexity index is 976. The van der Waals surface area contributed by atoms with Crippen molar-refractivity contribution >= 4 is 22.2 Å². The number of halogens is 1. The van der Waals surface area contributed by atoms with E-state index in [0.29, 0.717) is 11.3 Å². The molecule has 0 amide bonds. The number of carbonyl (C=O) groups is 1. The number of nitrogens with one attached hydrogen (secondary N) is 1. The van der Waals surface area contributed by atoms with Gasteiger partial charge in [0.1, 0.15) is 11.6 Å². The predicted octanol–water partition coefficient (Wildman–Crippen LogP) is 5.66. The number of fused-ring (bicyclic) bond motifs is 1. The lowest BCUT2D eigenvalue weighted by Gasteiger charge is -2.26. The summed E-state index contributed by atoms with van der Waals surface area (Å²) in [4.78, 5) is 13.2. The van der Waals surface area contributed by atoms with Crippen molar-refractivity contribution in [2.75, 3.05) is 5.32 Å². The van der Waals surface area contributed by atoms with E-state index in [1.165, 1.54) is 30.7 Å². The number of phenols is 1. The topological polar surface area (TPSA) is 49.3 Å². The average Bonchev–Trinajstić information content (AvgIpc) is 2.69. The van der Waals surface area contributed by atoms with Gasteiger partial charge in [0.25, 0.3) is 0 Å². The molecule has 138 valence electrons. The van der Waals surface area contributed by atoms with Crippen LogP contribution in [0.3, 0.4) is 0 Å². The van der Waals surface area contributed by atoms with Crippen LogP contribution >= 0.6 is 0 Å². The lowest BCUT2D eigenvalue weighted by atomic mass is 9.92. The number of ketones is 1. The molecule has 1 fully saturated rings. The largest absolute Gasteiger partial charge is 0.507 e. The van der Waals surface area contributed by atoms with Crippen LogP contribution in [-0.2, 0) is 0 Å². The monoisotopic (exact) mass is 363 g/mol. The Kier molecular flexibility index (Phi) is 4.80. The molecule has 0 atom stereocenters. The molecule has 0 spiro atoms. The van der Waals surface area contributed by atoms with Gasteiger partial charge in [-0.2, -0.15) is 0 Å². The number of anilines is 1. The third-order valence-electron chi connectivity index (χ3n) is 5.32. The van der Waals surface area contributed by atoms with Crippen LogP contribution in [0.2, 0.25) is 0 Å². The van der Waals surface area contributed by atoms with Crippen LogP contribution in [0.1, 0.15) is 48.0 Å². The lowest BCUT2D eigenvalue weighted by Crippen LogP contribution is -2.24. The van der Waals surface area contributed by atoms with E-state index >= 15 is 0 Å². The van der Waals surface area contributed by atoms with E-state index in [-0.39, 0.29) is 23.1 Å². The quantitative estimate of drug-likeness (QED) is 0.588. The van der Waals surface area contributed by atoms with Gasteiger partial charge in [0.2, 0.25) is 0 Å². The molecule has 0 unspecified atom stereocenters. The average molecular weight is 363 g/mol. The van der Waals surface area contributed by atoms with Crippen molar-refractivity contribution < 1.29 is 14.3 Å². The lowest BCUT2D eigenvalue weighted by molar-refractivity contribution is 0.103. The first-order chi connectivity index (χ1) is 13.1. The molecule has 4 rings (SSSR count). The summed E-state index contributed by atoms with van der Waals surface area (Å²) in [7, 11) is 0. The highest BCUT2D eigenvalue weighted by Gasteiger charge is 2.23. The predicted molar refractivity (Wildman–Crippen MR) is 106 cm³/mol. The van der Waals surface area contributed by atoms with Crippen LogP contribution in [0.4, 0.5) is 10.1 Å². The highest BCUT2D eigenvalue weighted by Crippen LogP contribution is 2.37. The standard InChI is InChI=1S/C23H22FNO2/c24-17-12-10-15(11-13-17)23(27)21-20(26)14-16-6-4-5-9-19(16)22(21)25-18-7-2-1-3-8-18/h4-6,9-14,18,25-26H,1-3,7-8H2. The second-order valence-electron chi connectivity index (χ2n) is 7.18. The molecule has 0 bridgehead atoms. The first kappa shape index (κ1) is 17.5. The van der Waals surface area contributed by atoms with Crippen LogP contribution in [0.15, 0.2) is 54.6 Å². The Hall–Kier alpha value is -2.88. The van der Waals surface area contributed by atoms with E-state index < -0.39 is 5.82 Å². The molecule has 1 aliphatic carbocycles. The Labute approximate surface area is 157 Å². The van der Waals surface area contributed by atoms with Crippen LogP contribution in [0.5, 0.6) is 5.75 Å². The fourth-order valence-corrected chi connectivity index (χ4v) is 3.91. The van der Waals surface area contributed by atoms with Gasteiger partial charge < -0.3 is 10.4 Å². The maximum Gasteiger partial charge on any atom is 0.198 e. The van der Waals surface area contributed by atoms with E-state index in [1.54, 1.807) is 6.07 Å². The van der Waals surface area contributed by atoms with E-state index in [0.717, 1.165) is 36.5 Å². The maximum atomic E-state index is 13.3. The molecule has 0 aliphatic heterocycles. The van der Waals surface area contributed by atoms with E-state index in [1.807, 2.05) is 24.3 Å². The Morgan fingerprint density at radius 3 is 2.44 bits per heavy atom. The van der Waals surface area contributed by atoms with E-state index in [4.69, 9.17) is 0 Å². The van der Waals surface area contributed by atoms with Crippen molar-refractivity contribution in [3.05, 3.63) is 71.5 Å². The molecular formula is C23H22FNO2. The van der Waals surface area contributed by atoms with Crippen molar-refractivity contribution in [1.29, 1.82) is 0 Å². The van der Waals surface area contributed by atoms with Gasteiger partial charge in [-0.25, -0.2) is 4.39 Å². The molecule has 3 aromatic carbocycles. The highest BCUT2D eigenvalue weighted by atomic mass is 19.1. The molecule has 0 heterocycles. The van der Waals surface area contributed by atoms with Crippen molar-refractivity contribution in [1.82, 2.24) is 0 Å². The number of aromatic hydroxyl groups is 1. The zero-order chi connectivity index (χ0) is 18.8. The van der Waals surface area contributed by atoms with E-state index in [2.05, 4.69) is 5.32 Å². The van der Waals surface area contributed by atoms with Crippen molar-refractivity contribution in [2.45, 2.75) is 38.1 Å². The molecule has 4 heteroatoms. The molecule has 1 aliphatic rings. The van der Waals surface area contributed by atoms with Crippen LogP contribution < -0.4 is 5.32 Å². The van der Waals surface area contributed by atoms with Gasteiger partial charge in [-0.1, -0.05) is 43.5 Å². The van der Waals surface area contributed by atoms with Gasteiger partial charge in [0.15, 0.2) is 5.78 Å². The molecule has 0 saturated heterocycles. The van der Waals surface area contributed by atoms with Gasteiger partial charge in [0, 0.05) is 17.0 Å². The minimum atomic E-state index is -0.394. The summed E-state index contributed by atoms with van der Waals surface area (Å²) in [5.41, 5.74) is 1.28. The summed E-state index contributed by atoms with van der Waals surface area (Å²) >= 11 is 0. The SMILES string of the molecule is O=C(c1ccc(F)cc1)c1c(O)cc2ccccc2c1NC1CCCCC1. The molecule has 0 radical (unpaired) electrons. The number of carbonyl (C=O) groups excluding carboxylic acids is 1. The summed E-state index contributed by atoms with van der Waals surface area (Å²) in [6, 6.07) is 15.1. The number of rotatable bonds is 4. The normalized spacial score (nSPS) is 15.0. The zero-order valence-electron chi connectivity index (χ0n) is 15.0. The number of benzene rings is 3. The molecule has 3 nitrogen and oxygen atoms in total. The fraction of sp³-hybridized carbons (Fsp3) is 0.261. The van der Waals surface area contributed by atoms with Gasteiger partial charge in [0.05, 0.1) is 11.3 Å². The molecular weight excluding hydrogens is 341 g/mol. The summed E-state index contributed by atoms with van der Waals surface area (Å²) < 4.78 is 13.3. The van der Waals surface area contributed by atoms with Crippen molar-refractivity contribution in [2.24, 2.45) is 0 Å². The Morgan fingerprint density at radius 2 is 1.70 bits per heavy atom. The van der Waals surface area contributed by atoms with Crippen LogP contribution in [-0.4, -0.2) is 16.9 Å². The molecule has 27 heavy (non-hydrogen) atoms. The summed E-state index contributed by atoms with van der Waals surface area (Å²) in [6.07, 6.45) is 5.66. The van der Waals surface area contributed by atoms with Crippen molar-refractivity contribution in [3.8, 4) is 5.75 Å². The third-order valence-corrected chi connectivity index (χ3v) is 5.32. The minimum absolute atomic E-state index is 0.0543. The third kappa shape index (κ3) is 3.52. The Morgan fingerprint density at radius 1 is 1.00 bits per heavy atom. The highest BCUT2D eigenvalue weighted by molar-refractivity contribution is 6.18. The van der Waals surface area contributed by atoms with Crippen LogP contribution in [0.25, 0.3) is 10.8 Å². The molecule has 1 saturated carbocycles.